The second-order valence-corrected chi connectivity index (χ2v) is 5.99. The number of hydrogen-bond acceptors (Lipinski definition) is 4. The van der Waals surface area contributed by atoms with Crippen LogP contribution in [0.15, 0.2) is 66.0 Å². The molecular formula is C19H16O3S. The van der Waals surface area contributed by atoms with E-state index in [0.29, 0.717) is 4.88 Å². The van der Waals surface area contributed by atoms with Crippen molar-refractivity contribution in [1.29, 1.82) is 0 Å². The van der Waals surface area contributed by atoms with E-state index in [2.05, 4.69) is 0 Å². The lowest BCUT2D eigenvalue weighted by atomic mass is 10.2. The number of hydrogen-bond donors (Lipinski definition) is 0. The summed E-state index contributed by atoms with van der Waals surface area (Å²) >= 11 is 1.40. The van der Waals surface area contributed by atoms with Gasteiger partial charge in [0.25, 0.3) is 0 Å². The van der Waals surface area contributed by atoms with Crippen LogP contribution in [0.25, 0.3) is 0 Å². The molecule has 0 spiro atoms. The van der Waals surface area contributed by atoms with Gasteiger partial charge in [0.2, 0.25) is 0 Å². The molecular weight excluding hydrogens is 308 g/mol. The van der Waals surface area contributed by atoms with Crippen LogP contribution in [0.5, 0.6) is 11.5 Å². The van der Waals surface area contributed by atoms with Crippen LogP contribution in [0.4, 0.5) is 0 Å². The fourth-order valence-corrected chi connectivity index (χ4v) is 2.94. The number of thiophene rings is 1. The summed E-state index contributed by atoms with van der Waals surface area (Å²) in [5, 5.41) is 1.89. The molecule has 0 fully saturated rings. The second-order valence-electron chi connectivity index (χ2n) is 5.07. The van der Waals surface area contributed by atoms with E-state index in [1.165, 1.54) is 11.3 Å². The number of ether oxygens (including phenoxy) is 2. The first-order chi connectivity index (χ1) is 11.2. The molecule has 0 N–H and O–H groups in total. The molecule has 3 nitrogen and oxygen atoms in total. The third kappa shape index (κ3) is 3.99. The molecule has 116 valence electrons. The van der Waals surface area contributed by atoms with Gasteiger partial charge in [-0.15, -0.1) is 11.3 Å². The van der Waals surface area contributed by atoms with Crippen LogP contribution >= 0.6 is 11.3 Å². The molecule has 0 saturated carbocycles. The zero-order chi connectivity index (χ0) is 16.1. The lowest BCUT2D eigenvalue weighted by Gasteiger charge is -2.08. The van der Waals surface area contributed by atoms with E-state index in [-0.39, 0.29) is 12.6 Å². The summed E-state index contributed by atoms with van der Waals surface area (Å²) in [5.74, 6) is 1.21. The van der Waals surface area contributed by atoms with Gasteiger partial charge in [-0.1, -0.05) is 30.3 Å². The van der Waals surface area contributed by atoms with Crippen LogP contribution in [-0.2, 0) is 11.3 Å². The summed E-state index contributed by atoms with van der Waals surface area (Å²) < 4.78 is 11.2. The van der Waals surface area contributed by atoms with Gasteiger partial charge in [0.15, 0.2) is 0 Å². The first-order valence-corrected chi connectivity index (χ1v) is 8.13. The van der Waals surface area contributed by atoms with Gasteiger partial charge in [0.1, 0.15) is 23.0 Å². The molecule has 3 rings (SSSR count). The number of esters is 1. The molecule has 23 heavy (non-hydrogen) atoms. The summed E-state index contributed by atoms with van der Waals surface area (Å²) in [6.07, 6.45) is 0. The average Bonchev–Trinajstić information content (AvgIpc) is 3.00. The highest BCUT2D eigenvalue weighted by atomic mass is 32.1. The Morgan fingerprint density at radius 2 is 1.78 bits per heavy atom. The number of aryl methyl sites for hydroxylation is 1. The summed E-state index contributed by atoms with van der Waals surface area (Å²) in [6, 6.07) is 19.0. The van der Waals surface area contributed by atoms with Gasteiger partial charge in [-0.2, -0.15) is 0 Å². The molecule has 0 radical (unpaired) electrons. The average molecular weight is 324 g/mol. The van der Waals surface area contributed by atoms with E-state index in [9.17, 15) is 4.79 Å². The molecule has 3 aromatic rings. The fraction of sp³-hybridized carbons (Fsp3) is 0.105. The normalized spacial score (nSPS) is 10.3. The lowest BCUT2D eigenvalue weighted by molar-refractivity contribution is 0.0477. The van der Waals surface area contributed by atoms with Crippen LogP contribution in [0.1, 0.15) is 20.8 Å². The van der Waals surface area contributed by atoms with Crippen molar-refractivity contribution in [2.75, 3.05) is 0 Å². The van der Waals surface area contributed by atoms with Crippen LogP contribution in [0, 0.1) is 6.92 Å². The summed E-state index contributed by atoms with van der Waals surface area (Å²) in [5.41, 5.74) is 1.84. The minimum atomic E-state index is -0.285. The number of para-hydroxylation sites is 1. The fourth-order valence-electron chi connectivity index (χ4n) is 2.12. The maximum absolute atomic E-state index is 12.0. The molecule has 4 heteroatoms. The predicted octanol–water partition coefficient (Wildman–Crippen LogP) is 5.21. The Kier molecular flexibility index (Phi) is 4.74. The molecule has 0 aliphatic carbocycles. The predicted molar refractivity (Wildman–Crippen MR) is 91.1 cm³/mol. The molecule has 0 bridgehead atoms. The highest BCUT2D eigenvalue weighted by Crippen LogP contribution is 2.23. The van der Waals surface area contributed by atoms with Crippen molar-refractivity contribution in [3.8, 4) is 11.5 Å². The zero-order valence-corrected chi connectivity index (χ0v) is 13.5. The van der Waals surface area contributed by atoms with Crippen molar-refractivity contribution in [2.45, 2.75) is 13.5 Å². The van der Waals surface area contributed by atoms with Crippen molar-refractivity contribution in [3.63, 3.8) is 0 Å². The summed E-state index contributed by atoms with van der Waals surface area (Å²) in [7, 11) is 0. The van der Waals surface area contributed by atoms with E-state index in [1.54, 1.807) is 0 Å². The lowest BCUT2D eigenvalue weighted by Crippen LogP contribution is -2.04. The second kappa shape index (κ2) is 7.11. The highest BCUT2D eigenvalue weighted by Gasteiger charge is 2.12. The van der Waals surface area contributed by atoms with Gasteiger partial charge in [0, 0.05) is 0 Å². The largest absolute Gasteiger partial charge is 0.457 e. The number of rotatable bonds is 5. The summed E-state index contributed by atoms with van der Waals surface area (Å²) in [6.45, 7) is 2.13. The molecule has 0 aliphatic heterocycles. The maximum atomic E-state index is 12.0. The van der Waals surface area contributed by atoms with Gasteiger partial charge >= 0.3 is 5.97 Å². The van der Waals surface area contributed by atoms with E-state index >= 15 is 0 Å². The minimum Gasteiger partial charge on any atom is -0.457 e. The minimum absolute atomic E-state index is 0.224. The Hall–Kier alpha value is -2.59. The third-order valence-corrected chi connectivity index (χ3v) is 4.29. The Morgan fingerprint density at radius 3 is 2.52 bits per heavy atom. The standard InChI is InChI=1S/C19H16O3S/c1-14-10-11-23-18(14)19(20)21-13-15-6-5-9-17(12-15)22-16-7-3-2-4-8-16/h2-12H,13H2,1H3. The maximum Gasteiger partial charge on any atom is 0.348 e. The number of carbonyl (C=O) groups excluding carboxylic acids is 1. The molecule has 0 amide bonds. The van der Waals surface area contributed by atoms with Crippen molar-refractivity contribution in [3.05, 3.63) is 82.0 Å². The van der Waals surface area contributed by atoms with Crippen LogP contribution in [0.2, 0.25) is 0 Å². The first kappa shape index (κ1) is 15.3. The van der Waals surface area contributed by atoms with Gasteiger partial charge < -0.3 is 9.47 Å². The molecule has 1 aromatic heterocycles. The zero-order valence-electron chi connectivity index (χ0n) is 12.7. The molecule has 2 aromatic carbocycles. The Balaban J connectivity index is 1.64. The molecule has 0 unspecified atom stereocenters. The number of benzene rings is 2. The molecule has 1 heterocycles. The van der Waals surface area contributed by atoms with Crippen molar-refractivity contribution < 1.29 is 14.3 Å². The highest BCUT2D eigenvalue weighted by molar-refractivity contribution is 7.12. The van der Waals surface area contributed by atoms with Gasteiger partial charge in [-0.05, 0) is 53.8 Å². The van der Waals surface area contributed by atoms with E-state index in [4.69, 9.17) is 9.47 Å². The molecule has 0 aliphatic rings. The van der Waals surface area contributed by atoms with Crippen molar-refractivity contribution in [1.82, 2.24) is 0 Å². The topological polar surface area (TPSA) is 35.5 Å². The van der Waals surface area contributed by atoms with Crippen LogP contribution in [0.3, 0.4) is 0 Å². The van der Waals surface area contributed by atoms with Gasteiger partial charge in [-0.3, -0.25) is 0 Å². The Bertz CT molecular complexity index is 793. The Morgan fingerprint density at radius 1 is 1.00 bits per heavy atom. The van der Waals surface area contributed by atoms with E-state index < -0.39 is 0 Å². The van der Waals surface area contributed by atoms with Crippen LogP contribution in [-0.4, -0.2) is 5.97 Å². The monoisotopic (exact) mass is 324 g/mol. The van der Waals surface area contributed by atoms with Crippen molar-refractivity contribution >= 4 is 17.3 Å². The quantitative estimate of drug-likeness (QED) is 0.605. The smallest absolute Gasteiger partial charge is 0.348 e. The van der Waals surface area contributed by atoms with Gasteiger partial charge in [0.05, 0.1) is 0 Å². The van der Waals surface area contributed by atoms with Crippen molar-refractivity contribution in [2.24, 2.45) is 0 Å². The number of carbonyl (C=O) groups is 1. The molecule has 0 saturated heterocycles. The molecule has 0 atom stereocenters. The third-order valence-electron chi connectivity index (χ3n) is 3.29. The van der Waals surface area contributed by atoms with Gasteiger partial charge in [-0.25, -0.2) is 4.79 Å². The van der Waals surface area contributed by atoms with E-state index in [1.807, 2.05) is 73.0 Å². The summed E-state index contributed by atoms with van der Waals surface area (Å²) in [4.78, 5) is 12.7. The SMILES string of the molecule is Cc1ccsc1C(=O)OCc1cccc(Oc2ccccc2)c1. The first-order valence-electron chi connectivity index (χ1n) is 7.25. The Labute approximate surface area is 139 Å². The van der Waals surface area contributed by atoms with Crippen LogP contribution < -0.4 is 4.74 Å². The van der Waals surface area contributed by atoms with E-state index in [0.717, 1.165) is 22.6 Å².